The van der Waals surface area contributed by atoms with Crippen LogP contribution in [0.15, 0.2) is 21.5 Å². The summed E-state index contributed by atoms with van der Waals surface area (Å²) in [7, 11) is -0.479. The van der Waals surface area contributed by atoms with Gasteiger partial charge in [-0.15, -0.1) is 0 Å². The topological polar surface area (TPSA) is 66.5 Å². The molecule has 0 aliphatic rings. The second-order valence-electron chi connectivity index (χ2n) is 4.37. The molecular formula is C12H16BrFN2O3S. The van der Waals surface area contributed by atoms with Crippen molar-refractivity contribution in [1.29, 1.82) is 0 Å². The molecule has 1 aromatic carbocycles. The van der Waals surface area contributed by atoms with Gasteiger partial charge >= 0.3 is 0 Å². The lowest BCUT2D eigenvalue weighted by Gasteiger charge is -2.18. The fraction of sp³-hybridized carbons (Fsp3) is 0.417. The van der Waals surface area contributed by atoms with Gasteiger partial charge in [-0.1, -0.05) is 15.9 Å². The normalized spacial score (nSPS) is 11.4. The Balaban J connectivity index is 3.26. The highest BCUT2D eigenvalue weighted by Gasteiger charge is 2.23. The van der Waals surface area contributed by atoms with Crippen molar-refractivity contribution in [3.05, 3.63) is 28.0 Å². The number of hydrogen-bond donors (Lipinski definition) is 1. The molecule has 0 radical (unpaired) electrons. The highest BCUT2D eigenvalue weighted by atomic mass is 79.9. The molecule has 20 heavy (non-hydrogen) atoms. The summed E-state index contributed by atoms with van der Waals surface area (Å²) in [6.45, 7) is 0.937. The van der Waals surface area contributed by atoms with E-state index in [1.165, 1.54) is 18.0 Å². The highest BCUT2D eigenvalue weighted by Crippen LogP contribution is 2.24. The monoisotopic (exact) mass is 366 g/mol. The molecule has 1 N–H and O–H groups in total. The zero-order chi connectivity index (χ0) is 15.5. The zero-order valence-electron chi connectivity index (χ0n) is 11.4. The Kier molecular flexibility index (Phi) is 5.67. The van der Waals surface area contributed by atoms with E-state index in [9.17, 15) is 17.6 Å². The third kappa shape index (κ3) is 4.00. The van der Waals surface area contributed by atoms with Gasteiger partial charge in [0.05, 0.1) is 5.56 Å². The molecule has 0 spiro atoms. The average Bonchev–Trinajstić information content (AvgIpc) is 2.36. The highest BCUT2D eigenvalue weighted by molar-refractivity contribution is 9.10. The van der Waals surface area contributed by atoms with Gasteiger partial charge in [-0.05, 0) is 19.2 Å². The number of nitrogens with zero attached hydrogens (tertiary/aromatic N) is 1. The summed E-state index contributed by atoms with van der Waals surface area (Å²) in [4.78, 5) is 13.0. The van der Waals surface area contributed by atoms with Gasteiger partial charge in [-0.2, -0.15) is 0 Å². The van der Waals surface area contributed by atoms with Crippen LogP contribution in [-0.2, 0) is 9.84 Å². The van der Waals surface area contributed by atoms with E-state index in [0.717, 1.165) is 12.3 Å². The van der Waals surface area contributed by atoms with Crippen molar-refractivity contribution in [2.24, 2.45) is 0 Å². The predicted molar refractivity (Wildman–Crippen MR) is 78.1 cm³/mol. The molecule has 8 heteroatoms. The Morgan fingerprint density at radius 2 is 2.05 bits per heavy atom. The number of likely N-dealkylation sites (N-methyl/N-ethyl adjacent to an activating group) is 2. The van der Waals surface area contributed by atoms with Crippen molar-refractivity contribution in [3.63, 3.8) is 0 Å². The van der Waals surface area contributed by atoms with Crippen LogP contribution >= 0.6 is 15.9 Å². The van der Waals surface area contributed by atoms with Crippen LogP contribution in [0.1, 0.15) is 10.4 Å². The van der Waals surface area contributed by atoms with Crippen molar-refractivity contribution >= 4 is 31.7 Å². The third-order valence-corrected chi connectivity index (χ3v) is 4.23. The first-order valence-corrected chi connectivity index (χ1v) is 8.46. The van der Waals surface area contributed by atoms with Crippen LogP contribution in [0.5, 0.6) is 0 Å². The molecule has 0 heterocycles. The predicted octanol–water partition coefficient (Wildman–Crippen LogP) is 1.28. The lowest BCUT2D eigenvalue weighted by molar-refractivity contribution is 0.0791. The molecule has 5 nitrogen and oxygen atoms in total. The van der Waals surface area contributed by atoms with Crippen LogP contribution in [-0.4, -0.2) is 52.7 Å². The maximum absolute atomic E-state index is 14.2. The van der Waals surface area contributed by atoms with Gasteiger partial charge in [0.25, 0.3) is 5.91 Å². The first-order valence-electron chi connectivity index (χ1n) is 5.77. The van der Waals surface area contributed by atoms with Crippen molar-refractivity contribution in [1.82, 2.24) is 10.2 Å². The number of halogens is 2. The van der Waals surface area contributed by atoms with Crippen LogP contribution in [0.4, 0.5) is 4.39 Å². The van der Waals surface area contributed by atoms with Crippen molar-refractivity contribution in [3.8, 4) is 0 Å². The molecule has 1 aromatic rings. The minimum Gasteiger partial charge on any atom is -0.340 e. The molecule has 1 amide bonds. The number of hydrogen-bond acceptors (Lipinski definition) is 4. The molecular weight excluding hydrogens is 351 g/mol. The molecule has 0 fully saturated rings. The Bertz CT molecular complexity index is 619. The van der Waals surface area contributed by atoms with Crippen molar-refractivity contribution in [2.75, 3.05) is 33.4 Å². The molecule has 112 valence electrons. The standard InChI is InChI=1S/C12H16BrFN2O3S/c1-15-4-5-16(2)12(17)9-6-8(13)7-10(11(9)14)20(3,18)19/h6-7,15H,4-5H2,1-3H3. The summed E-state index contributed by atoms with van der Waals surface area (Å²) in [5.41, 5.74) is -0.265. The van der Waals surface area contributed by atoms with E-state index in [0.29, 0.717) is 17.6 Å². The number of sulfone groups is 1. The van der Waals surface area contributed by atoms with E-state index in [1.54, 1.807) is 7.05 Å². The van der Waals surface area contributed by atoms with Crippen LogP contribution in [0.2, 0.25) is 0 Å². The van der Waals surface area contributed by atoms with E-state index in [2.05, 4.69) is 21.2 Å². The van der Waals surface area contributed by atoms with Gasteiger partial charge in [0.2, 0.25) is 0 Å². The number of carbonyl (C=O) groups excluding carboxylic acids is 1. The molecule has 0 atom stereocenters. The lowest BCUT2D eigenvalue weighted by atomic mass is 10.2. The van der Waals surface area contributed by atoms with E-state index in [1.807, 2.05) is 0 Å². The summed E-state index contributed by atoms with van der Waals surface area (Å²) in [6, 6.07) is 2.43. The molecule has 0 aliphatic carbocycles. The van der Waals surface area contributed by atoms with Crippen LogP contribution in [0.3, 0.4) is 0 Å². The minimum absolute atomic E-state index is 0.265. The SMILES string of the molecule is CNCCN(C)C(=O)c1cc(Br)cc(S(C)(=O)=O)c1F. The Labute approximate surface area is 126 Å². The summed E-state index contributed by atoms with van der Waals surface area (Å²) < 4.78 is 37.6. The molecule has 0 aliphatic heterocycles. The summed E-state index contributed by atoms with van der Waals surface area (Å²) in [5, 5.41) is 2.87. The van der Waals surface area contributed by atoms with E-state index >= 15 is 0 Å². The minimum atomic E-state index is -3.74. The second-order valence-corrected chi connectivity index (χ2v) is 7.27. The van der Waals surface area contributed by atoms with Crippen LogP contribution in [0, 0.1) is 5.82 Å². The molecule has 0 saturated heterocycles. The smallest absolute Gasteiger partial charge is 0.256 e. The summed E-state index contributed by atoms with van der Waals surface area (Å²) in [5.74, 6) is -1.58. The molecule has 0 saturated carbocycles. The number of carbonyl (C=O) groups is 1. The largest absolute Gasteiger partial charge is 0.340 e. The molecule has 0 unspecified atom stereocenters. The third-order valence-electron chi connectivity index (χ3n) is 2.68. The first-order chi connectivity index (χ1) is 9.18. The molecule has 0 aromatic heterocycles. The second kappa shape index (κ2) is 6.64. The quantitative estimate of drug-likeness (QED) is 0.852. The van der Waals surface area contributed by atoms with Gasteiger partial charge in [0.15, 0.2) is 15.7 Å². The van der Waals surface area contributed by atoms with E-state index in [4.69, 9.17) is 0 Å². The average molecular weight is 367 g/mol. The van der Waals surface area contributed by atoms with Crippen LogP contribution in [0.25, 0.3) is 0 Å². The maximum Gasteiger partial charge on any atom is 0.256 e. The van der Waals surface area contributed by atoms with Gasteiger partial charge < -0.3 is 10.2 Å². The van der Waals surface area contributed by atoms with Gasteiger partial charge in [0.1, 0.15) is 4.90 Å². The van der Waals surface area contributed by atoms with E-state index in [-0.39, 0.29) is 5.56 Å². The van der Waals surface area contributed by atoms with Gasteiger partial charge in [-0.25, -0.2) is 12.8 Å². The van der Waals surface area contributed by atoms with Gasteiger partial charge in [0, 0.05) is 30.9 Å². The zero-order valence-corrected chi connectivity index (χ0v) is 13.8. The number of benzene rings is 1. The maximum atomic E-state index is 14.2. The van der Waals surface area contributed by atoms with Gasteiger partial charge in [-0.3, -0.25) is 4.79 Å². The molecule has 1 rings (SSSR count). The van der Waals surface area contributed by atoms with E-state index < -0.39 is 26.5 Å². The van der Waals surface area contributed by atoms with Crippen molar-refractivity contribution < 1.29 is 17.6 Å². The first kappa shape index (κ1) is 17.1. The number of nitrogens with one attached hydrogen (secondary N) is 1. The lowest BCUT2D eigenvalue weighted by Crippen LogP contribution is -2.33. The Morgan fingerprint density at radius 3 is 2.55 bits per heavy atom. The summed E-state index contributed by atoms with van der Waals surface area (Å²) in [6.07, 6.45) is 0.900. The Hall–Kier alpha value is -0.990. The molecule has 0 bridgehead atoms. The fourth-order valence-corrected chi connectivity index (χ4v) is 2.96. The number of rotatable bonds is 5. The fourth-order valence-electron chi connectivity index (χ4n) is 1.58. The Morgan fingerprint density at radius 1 is 1.45 bits per heavy atom. The number of amides is 1. The summed E-state index contributed by atoms with van der Waals surface area (Å²) >= 11 is 3.10. The van der Waals surface area contributed by atoms with Crippen molar-refractivity contribution in [2.45, 2.75) is 4.90 Å². The van der Waals surface area contributed by atoms with Crippen LogP contribution < -0.4 is 5.32 Å².